The van der Waals surface area contributed by atoms with E-state index in [4.69, 9.17) is 0 Å². The summed E-state index contributed by atoms with van der Waals surface area (Å²) in [4.78, 5) is 6.49. The van der Waals surface area contributed by atoms with Crippen molar-refractivity contribution in [3.63, 3.8) is 0 Å². The van der Waals surface area contributed by atoms with Crippen molar-refractivity contribution in [1.29, 1.82) is 0 Å². The quantitative estimate of drug-likeness (QED) is 0.496. The van der Waals surface area contributed by atoms with Crippen LogP contribution >= 0.6 is 0 Å². The Bertz CT molecular complexity index is 103. The summed E-state index contributed by atoms with van der Waals surface area (Å²) in [6, 6.07) is 0. The van der Waals surface area contributed by atoms with Crippen LogP contribution in [0.2, 0.25) is 0 Å². The average Bonchev–Trinajstić information content (AvgIpc) is 1.78. The molecule has 52 valence electrons. The van der Waals surface area contributed by atoms with E-state index in [0.29, 0.717) is 0 Å². The second kappa shape index (κ2) is 2.97. The summed E-state index contributed by atoms with van der Waals surface area (Å²) < 4.78 is 0. The molecule has 9 heavy (non-hydrogen) atoms. The minimum atomic E-state index is 0.839. The van der Waals surface area contributed by atoms with E-state index < -0.39 is 0 Å². The van der Waals surface area contributed by atoms with E-state index in [1.54, 1.807) is 0 Å². The van der Waals surface area contributed by atoms with Gasteiger partial charge in [-0.15, -0.1) is 0 Å². The van der Waals surface area contributed by atoms with Crippen LogP contribution in [0.4, 0.5) is 0 Å². The highest BCUT2D eigenvalue weighted by atomic mass is 15.2. The molecule has 1 heterocycles. The molecule has 2 heteroatoms. The molecule has 0 bridgehead atoms. The predicted octanol–water partition coefficient (Wildman–Crippen LogP) is 0.639. The predicted molar refractivity (Wildman–Crippen MR) is 40.0 cm³/mol. The molecule has 0 radical (unpaired) electrons. The molecule has 1 aliphatic heterocycles. The molecule has 1 aliphatic rings. The Kier molecular flexibility index (Phi) is 2.22. The third kappa shape index (κ3) is 1.79. The van der Waals surface area contributed by atoms with E-state index in [1.165, 1.54) is 13.1 Å². The summed E-state index contributed by atoms with van der Waals surface area (Å²) >= 11 is 0. The van der Waals surface area contributed by atoms with E-state index in [2.05, 4.69) is 16.9 Å². The van der Waals surface area contributed by atoms with Crippen molar-refractivity contribution in [2.75, 3.05) is 26.7 Å². The Balaban J connectivity index is 2.04. The van der Waals surface area contributed by atoms with Crippen molar-refractivity contribution >= 4 is 6.21 Å². The van der Waals surface area contributed by atoms with Gasteiger partial charge >= 0.3 is 0 Å². The van der Waals surface area contributed by atoms with Gasteiger partial charge in [-0.2, -0.15) is 0 Å². The topological polar surface area (TPSA) is 15.6 Å². The minimum Gasteiger partial charge on any atom is -0.306 e. The van der Waals surface area contributed by atoms with Gasteiger partial charge in [0, 0.05) is 25.6 Å². The van der Waals surface area contributed by atoms with Crippen molar-refractivity contribution in [2.45, 2.75) is 6.92 Å². The lowest BCUT2D eigenvalue weighted by molar-refractivity contribution is 0.141. The van der Waals surface area contributed by atoms with E-state index in [0.717, 1.165) is 12.5 Å². The first kappa shape index (κ1) is 6.75. The summed E-state index contributed by atoms with van der Waals surface area (Å²) in [5.74, 6) is 0.839. The van der Waals surface area contributed by atoms with Crippen LogP contribution in [0.1, 0.15) is 6.92 Å². The minimum absolute atomic E-state index is 0.839. The number of hydrogen-bond acceptors (Lipinski definition) is 2. The summed E-state index contributed by atoms with van der Waals surface area (Å²) in [5.41, 5.74) is 0. The SMILES string of the molecule is CC=NCC1CN(C)C1. The van der Waals surface area contributed by atoms with E-state index >= 15 is 0 Å². The highest BCUT2D eigenvalue weighted by molar-refractivity contribution is 5.53. The lowest BCUT2D eigenvalue weighted by Crippen LogP contribution is -2.45. The van der Waals surface area contributed by atoms with Gasteiger partial charge in [0.15, 0.2) is 0 Å². The fourth-order valence-corrected chi connectivity index (χ4v) is 1.20. The standard InChI is InChI=1S/C7H14N2/c1-3-8-4-7-5-9(2)6-7/h3,7H,4-6H2,1-2H3. The van der Waals surface area contributed by atoms with Crippen LogP contribution in [0.5, 0.6) is 0 Å². The maximum absolute atomic E-state index is 4.18. The van der Waals surface area contributed by atoms with Gasteiger partial charge in [-0.25, -0.2) is 0 Å². The molecule has 0 aromatic rings. The van der Waals surface area contributed by atoms with E-state index in [1.807, 2.05) is 13.1 Å². The highest BCUT2D eigenvalue weighted by Crippen LogP contribution is 2.11. The van der Waals surface area contributed by atoms with Crippen molar-refractivity contribution < 1.29 is 0 Å². The van der Waals surface area contributed by atoms with Gasteiger partial charge in [-0.05, 0) is 20.2 Å². The smallest absolute Gasteiger partial charge is 0.0438 e. The number of rotatable bonds is 2. The molecule has 0 amide bonds. The van der Waals surface area contributed by atoms with Gasteiger partial charge in [-0.3, -0.25) is 4.99 Å². The number of aliphatic imine (C=N–C) groups is 1. The first-order valence-corrected chi connectivity index (χ1v) is 3.46. The van der Waals surface area contributed by atoms with Gasteiger partial charge in [0.1, 0.15) is 0 Å². The van der Waals surface area contributed by atoms with Crippen LogP contribution in [-0.2, 0) is 0 Å². The Morgan fingerprint density at radius 1 is 1.67 bits per heavy atom. The second-order valence-electron chi connectivity index (χ2n) is 2.71. The van der Waals surface area contributed by atoms with Crippen LogP contribution in [0.25, 0.3) is 0 Å². The fourth-order valence-electron chi connectivity index (χ4n) is 1.20. The van der Waals surface area contributed by atoms with Crippen LogP contribution in [0.15, 0.2) is 4.99 Å². The molecule has 0 aromatic carbocycles. The van der Waals surface area contributed by atoms with Gasteiger partial charge in [0.05, 0.1) is 0 Å². The van der Waals surface area contributed by atoms with Crippen molar-refractivity contribution in [1.82, 2.24) is 4.90 Å². The Morgan fingerprint density at radius 3 is 2.78 bits per heavy atom. The second-order valence-corrected chi connectivity index (χ2v) is 2.71. The number of hydrogen-bond donors (Lipinski definition) is 0. The summed E-state index contributed by atoms with van der Waals surface area (Å²) in [6.45, 7) is 5.47. The fraction of sp³-hybridized carbons (Fsp3) is 0.857. The first-order chi connectivity index (χ1) is 4.33. The average molecular weight is 126 g/mol. The lowest BCUT2D eigenvalue weighted by atomic mass is 10.0. The molecule has 1 saturated heterocycles. The van der Waals surface area contributed by atoms with Crippen LogP contribution in [0.3, 0.4) is 0 Å². The number of nitrogens with zero attached hydrogens (tertiary/aromatic N) is 2. The molecular formula is C7H14N2. The van der Waals surface area contributed by atoms with Crippen molar-refractivity contribution in [3.05, 3.63) is 0 Å². The third-order valence-corrected chi connectivity index (χ3v) is 1.69. The van der Waals surface area contributed by atoms with Gasteiger partial charge in [0.25, 0.3) is 0 Å². The molecule has 2 nitrogen and oxygen atoms in total. The highest BCUT2D eigenvalue weighted by Gasteiger charge is 2.21. The van der Waals surface area contributed by atoms with Crippen molar-refractivity contribution in [2.24, 2.45) is 10.9 Å². The van der Waals surface area contributed by atoms with E-state index in [9.17, 15) is 0 Å². The third-order valence-electron chi connectivity index (χ3n) is 1.69. The maximum Gasteiger partial charge on any atom is 0.0438 e. The molecule has 1 fully saturated rings. The summed E-state index contributed by atoms with van der Waals surface area (Å²) in [6.07, 6.45) is 1.89. The molecule has 0 N–H and O–H groups in total. The zero-order chi connectivity index (χ0) is 6.69. The maximum atomic E-state index is 4.18. The lowest BCUT2D eigenvalue weighted by Gasteiger charge is -2.34. The van der Waals surface area contributed by atoms with Crippen LogP contribution < -0.4 is 0 Å². The molecule has 0 aliphatic carbocycles. The molecule has 0 atom stereocenters. The number of likely N-dealkylation sites (tertiary alicyclic amines) is 1. The normalized spacial score (nSPS) is 22.9. The first-order valence-electron chi connectivity index (χ1n) is 3.46. The molecule has 0 aromatic heterocycles. The summed E-state index contributed by atoms with van der Waals surface area (Å²) in [5, 5.41) is 0. The van der Waals surface area contributed by atoms with Crippen molar-refractivity contribution in [3.8, 4) is 0 Å². The Morgan fingerprint density at radius 2 is 2.33 bits per heavy atom. The molecule has 0 saturated carbocycles. The molecular weight excluding hydrogens is 112 g/mol. The molecule has 1 rings (SSSR count). The van der Waals surface area contributed by atoms with Crippen LogP contribution in [-0.4, -0.2) is 37.8 Å². The zero-order valence-electron chi connectivity index (χ0n) is 6.17. The van der Waals surface area contributed by atoms with Gasteiger partial charge in [0.2, 0.25) is 0 Å². The van der Waals surface area contributed by atoms with Crippen LogP contribution in [0, 0.1) is 5.92 Å². The Hall–Kier alpha value is -0.370. The van der Waals surface area contributed by atoms with E-state index in [-0.39, 0.29) is 0 Å². The zero-order valence-corrected chi connectivity index (χ0v) is 6.17. The van der Waals surface area contributed by atoms with Gasteiger partial charge < -0.3 is 4.90 Å². The van der Waals surface area contributed by atoms with Gasteiger partial charge in [-0.1, -0.05) is 0 Å². The summed E-state index contributed by atoms with van der Waals surface area (Å²) in [7, 11) is 2.14. The monoisotopic (exact) mass is 126 g/mol. The largest absolute Gasteiger partial charge is 0.306 e. The Labute approximate surface area is 56.6 Å². The molecule has 0 unspecified atom stereocenters. The molecule has 0 spiro atoms.